The summed E-state index contributed by atoms with van der Waals surface area (Å²) in [6, 6.07) is 6.27. The molecule has 0 bridgehead atoms. The van der Waals surface area contributed by atoms with Crippen molar-refractivity contribution in [2.45, 2.75) is 32.6 Å². The first-order chi connectivity index (χ1) is 12.0. The molecule has 5 nitrogen and oxygen atoms in total. The van der Waals surface area contributed by atoms with Gasteiger partial charge in [-0.05, 0) is 37.0 Å². The number of carbonyl (C=O) groups is 2. The molecule has 1 aliphatic rings. The Kier molecular flexibility index (Phi) is 5.86. The van der Waals surface area contributed by atoms with Gasteiger partial charge in [0.25, 0.3) is 0 Å². The number of nitrogens with one attached hydrogen (secondary N) is 1. The standard InChI is InChI=1S/C18H20BrN3O2S/c1-12-8-13(5-6-15(12)19)9-14-10-20-18(25-14)21-16(23)11-22-7-3-2-4-17(22)24/h5-6,8,10H,2-4,7,9,11H2,1H3,(H,20,21,23). The molecule has 7 heteroatoms. The number of benzene rings is 1. The number of piperidine rings is 1. The van der Waals surface area contributed by atoms with Crippen LogP contribution < -0.4 is 5.32 Å². The molecule has 2 aromatic rings. The van der Waals surface area contributed by atoms with E-state index in [1.165, 1.54) is 22.5 Å². The van der Waals surface area contributed by atoms with Crippen molar-refractivity contribution in [1.82, 2.24) is 9.88 Å². The second kappa shape index (κ2) is 8.10. The van der Waals surface area contributed by atoms with E-state index in [9.17, 15) is 9.59 Å². The van der Waals surface area contributed by atoms with E-state index < -0.39 is 0 Å². The number of hydrogen-bond acceptors (Lipinski definition) is 4. The van der Waals surface area contributed by atoms with Crippen molar-refractivity contribution < 1.29 is 9.59 Å². The topological polar surface area (TPSA) is 62.3 Å². The van der Waals surface area contributed by atoms with Crippen molar-refractivity contribution in [3.8, 4) is 0 Å². The van der Waals surface area contributed by atoms with Gasteiger partial charge in [0.2, 0.25) is 11.8 Å². The number of rotatable bonds is 5. The number of halogens is 1. The molecule has 1 N–H and O–H groups in total. The number of likely N-dealkylation sites (tertiary alicyclic amines) is 1. The Morgan fingerprint density at radius 3 is 3.00 bits per heavy atom. The second-order valence-electron chi connectivity index (χ2n) is 6.21. The average molecular weight is 422 g/mol. The molecule has 25 heavy (non-hydrogen) atoms. The van der Waals surface area contributed by atoms with E-state index >= 15 is 0 Å². The highest BCUT2D eigenvalue weighted by molar-refractivity contribution is 9.10. The summed E-state index contributed by atoms with van der Waals surface area (Å²) in [5.74, 6) is -0.123. The van der Waals surface area contributed by atoms with Crippen molar-refractivity contribution in [2.75, 3.05) is 18.4 Å². The lowest BCUT2D eigenvalue weighted by molar-refractivity contribution is -0.136. The number of amides is 2. The van der Waals surface area contributed by atoms with Crippen LogP contribution in [0, 0.1) is 6.92 Å². The first-order valence-corrected chi connectivity index (χ1v) is 9.89. The van der Waals surface area contributed by atoms with E-state index in [0.29, 0.717) is 18.1 Å². The monoisotopic (exact) mass is 421 g/mol. The third kappa shape index (κ3) is 4.89. The van der Waals surface area contributed by atoms with Gasteiger partial charge in [0.05, 0.1) is 6.54 Å². The molecule has 1 saturated heterocycles. The van der Waals surface area contributed by atoms with Crippen molar-refractivity contribution in [3.63, 3.8) is 0 Å². The summed E-state index contributed by atoms with van der Waals surface area (Å²) < 4.78 is 1.10. The summed E-state index contributed by atoms with van der Waals surface area (Å²) in [4.78, 5) is 30.9. The molecule has 2 heterocycles. The van der Waals surface area contributed by atoms with Gasteiger partial charge in [0, 0.05) is 34.9 Å². The second-order valence-corrected chi connectivity index (χ2v) is 8.18. The predicted octanol–water partition coefficient (Wildman–Crippen LogP) is 3.76. The normalized spacial score (nSPS) is 14.6. The predicted molar refractivity (Wildman–Crippen MR) is 103 cm³/mol. The van der Waals surface area contributed by atoms with E-state index in [1.807, 2.05) is 6.07 Å². The minimum absolute atomic E-state index is 0.0619. The maximum Gasteiger partial charge on any atom is 0.245 e. The first-order valence-electron chi connectivity index (χ1n) is 8.28. The van der Waals surface area contributed by atoms with Crippen LogP contribution in [0.2, 0.25) is 0 Å². The number of anilines is 1. The molecule has 1 aromatic carbocycles. The average Bonchev–Trinajstić information content (AvgIpc) is 3.00. The van der Waals surface area contributed by atoms with Gasteiger partial charge >= 0.3 is 0 Å². The Bertz CT molecular complexity index is 790. The Labute approximate surface area is 159 Å². The molecule has 0 spiro atoms. The van der Waals surface area contributed by atoms with Gasteiger partial charge in [0.1, 0.15) is 0 Å². The van der Waals surface area contributed by atoms with Crippen molar-refractivity contribution >= 4 is 44.2 Å². The Morgan fingerprint density at radius 1 is 1.40 bits per heavy atom. The smallest absolute Gasteiger partial charge is 0.245 e. The van der Waals surface area contributed by atoms with Crippen LogP contribution in [0.5, 0.6) is 0 Å². The van der Waals surface area contributed by atoms with Gasteiger partial charge in [-0.2, -0.15) is 0 Å². The van der Waals surface area contributed by atoms with Gasteiger partial charge in [-0.15, -0.1) is 11.3 Å². The zero-order valence-electron chi connectivity index (χ0n) is 14.0. The lowest BCUT2D eigenvalue weighted by Gasteiger charge is -2.25. The number of nitrogens with zero attached hydrogens (tertiary/aromatic N) is 2. The Hall–Kier alpha value is -1.73. The molecule has 0 radical (unpaired) electrons. The fourth-order valence-electron chi connectivity index (χ4n) is 2.83. The van der Waals surface area contributed by atoms with Gasteiger partial charge in [-0.3, -0.25) is 9.59 Å². The zero-order valence-corrected chi connectivity index (χ0v) is 16.5. The van der Waals surface area contributed by atoms with Crippen LogP contribution >= 0.6 is 27.3 Å². The summed E-state index contributed by atoms with van der Waals surface area (Å²) in [6.07, 6.45) is 5.01. The molecular weight excluding hydrogens is 402 g/mol. The van der Waals surface area contributed by atoms with Crippen LogP contribution in [0.4, 0.5) is 5.13 Å². The maximum absolute atomic E-state index is 12.1. The third-order valence-electron chi connectivity index (χ3n) is 4.16. The van der Waals surface area contributed by atoms with Crippen LogP contribution in [0.15, 0.2) is 28.9 Å². The number of thiazole rings is 1. The van der Waals surface area contributed by atoms with E-state index in [-0.39, 0.29) is 18.4 Å². The summed E-state index contributed by atoms with van der Waals surface area (Å²) in [7, 11) is 0. The highest BCUT2D eigenvalue weighted by Gasteiger charge is 2.20. The first kappa shape index (κ1) is 18.1. The van der Waals surface area contributed by atoms with Gasteiger partial charge < -0.3 is 10.2 Å². The Morgan fingerprint density at radius 2 is 2.24 bits per heavy atom. The minimum Gasteiger partial charge on any atom is -0.333 e. The summed E-state index contributed by atoms with van der Waals surface area (Å²) in [5, 5.41) is 3.39. The highest BCUT2D eigenvalue weighted by atomic mass is 79.9. The van der Waals surface area contributed by atoms with Crippen LogP contribution in [0.3, 0.4) is 0 Å². The molecule has 1 aliphatic heterocycles. The molecule has 2 amide bonds. The van der Waals surface area contributed by atoms with Crippen molar-refractivity contribution in [3.05, 3.63) is 44.9 Å². The van der Waals surface area contributed by atoms with Crippen LogP contribution in [0.25, 0.3) is 0 Å². The molecule has 1 aromatic heterocycles. The molecular formula is C18H20BrN3O2S. The van der Waals surface area contributed by atoms with Crippen molar-refractivity contribution in [1.29, 1.82) is 0 Å². The van der Waals surface area contributed by atoms with E-state index in [1.54, 1.807) is 11.1 Å². The van der Waals surface area contributed by atoms with E-state index in [0.717, 1.165) is 28.6 Å². The summed E-state index contributed by atoms with van der Waals surface area (Å²) in [6.45, 7) is 2.84. The fourth-order valence-corrected chi connectivity index (χ4v) is 3.94. The lowest BCUT2D eigenvalue weighted by atomic mass is 10.1. The van der Waals surface area contributed by atoms with Gasteiger partial charge in [-0.25, -0.2) is 4.98 Å². The molecule has 1 fully saturated rings. The number of aromatic nitrogens is 1. The van der Waals surface area contributed by atoms with Gasteiger partial charge in [-0.1, -0.05) is 28.1 Å². The van der Waals surface area contributed by atoms with Crippen LogP contribution in [0.1, 0.15) is 35.3 Å². The third-order valence-corrected chi connectivity index (χ3v) is 5.96. The van der Waals surface area contributed by atoms with Crippen LogP contribution in [-0.2, 0) is 16.0 Å². The molecule has 3 rings (SSSR count). The number of carbonyl (C=O) groups excluding carboxylic acids is 2. The maximum atomic E-state index is 12.1. The highest BCUT2D eigenvalue weighted by Crippen LogP contribution is 2.24. The SMILES string of the molecule is Cc1cc(Cc2cnc(NC(=O)CN3CCCCC3=O)s2)ccc1Br. The lowest BCUT2D eigenvalue weighted by Crippen LogP contribution is -2.40. The quantitative estimate of drug-likeness (QED) is 0.798. The molecule has 0 atom stereocenters. The zero-order chi connectivity index (χ0) is 17.8. The van der Waals surface area contributed by atoms with Crippen LogP contribution in [-0.4, -0.2) is 34.8 Å². The molecule has 0 unspecified atom stereocenters. The van der Waals surface area contributed by atoms with E-state index in [2.05, 4.69) is 45.3 Å². The largest absolute Gasteiger partial charge is 0.333 e. The van der Waals surface area contributed by atoms with Crippen molar-refractivity contribution in [2.24, 2.45) is 0 Å². The molecule has 0 saturated carbocycles. The molecule has 132 valence electrons. The number of hydrogen-bond donors (Lipinski definition) is 1. The Balaban J connectivity index is 1.56. The van der Waals surface area contributed by atoms with E-state index in [4.69, 9.17) is 0 Å². The molecule has 0 aliphatic carbocycles. The number of aryl methyl sites for hydroxylation is 1. The van der Waals surface area contributed by atoms with Gasteiger partial charge in [0.15, 0.2) is 5.13 Å². The fraction of sp³-hybridized carbons (Fsp3) is 0.389. The summed E-state index contributed by atoms with van der Waals surface area (Å²) >= 11 is 4.98. The minimum atomic E-state index is -0.185. The summed E-state index contributed by atoms with van der Waals surface area (Å²) in [5.41, 5.74) is 2.41.